The van der Waals surface area contributed by atoms with Crippen LogP contribution in [0.5, 0.6) is 0 Å². The quantitative estimate of drug-likeness (QED) is 0.763. The number of nitrogens with zero attached hydrogens (tertiary/aromatic N) is 2. The molecule has 1 amide bonds. The second-order valence-corrected chi connectivity index (χ2v) is 6.22. The van der Waals surface area contributed by atoms with Gasteiger partial charge in [-0.1, -0.05) is 23.7 Å². The van der Waals surface area contributed by atoms with Crippen molar-refractivity contribution in [2.45, 2.75) is 26.4 Å². The number of hydrogen-bond acceptors (Lipinski definition) is 3. The van der Waals surface area contributed by atoms with E-state index in [2.05, 4.69) is 15.0 Å². The molecule has 0 spiro atoms. The van der Waals surface area contributed by atoms with Crippen LogP contribution in [-0.4, -0.2) is 31.8 Å². The Balaban J connectivity index is 1.94. The number of aromatic amines is 2. The maximum absolute atomic E-state index is 12.7. The lowest BCUT2D eigenvalue weighted by Gasteiger charge is -2.25. The van der Waals surface area contributed by atoms with Crippen LogP contribution in [0.15, 0.2) is 41.3 Å². The Morgan fingerprint density at radius 2 is 2.08 bits per heavy atom. The highest BCUT2D eigenvalue weighted by atomic mass is 35.5. The molecule has 2 heterocycles. The fourth-order valence-corrected chi connectivity index (χ4v) is 2.67. The first-order chi connectivity index (χ1) is 11.5. The molecule has 0 radical (unpaired) electrons. The summed E-state index contributed by atoms with van der Waals surface area (Å²) < 4.78 is 0. The molecule has 0 unspecified atom stereocenters. The Bertz CT molecular complexity index is 945. The Hall–Kier alpha value is -2.60. The molecule has 0 saturated carbocycles. The summed E-state index contributed by atoms with van der Waals surface area (Å²) in [6, 6.07) is 8.62. The maximum Gasteiger partial charge on any atom is 0.270 e. The lowest BCUT2D eigenvalue weighted by Crippen LogP contribution is -2.37. The molecule has 3 aromatic rings. The summed E-state index contributed by atoms with van der Waals surface area (Å²) in [6.45, 7) is 4.01. The number of benzene rings is 1. The van der Waals surface area contributed by atoms with Gasteiger partial charge < -0.3 is 14.9 Å². The van der Waals surface area contributed by atoms with Crippen molar-refractivity contribution >= 4 is 28.4 Å². The molecule has 1 aromatic carbocycles. The molecule has 2 N–H and O–H groups in total. The van der Waals surface area contributed by atoms with Gasteiger partial charge in [-0.2, -0.15) is 0 Å². The van der Waals surface area contributed by atoms with Crippen molar-refractivity contribution in [3.63, 3.8) is 0 Å². The van der Waals surface area contributed by atoms with Crippen LogP contribution >= 0.6 is 11.6 Å². The van der Waals surface area contributed by atoms with Crippen molar-refractivity contribution in [3.05, 3.63) is 63.4 Å². The van der Waals surface area contributed by atoms with E-state index in [0.717, 1.165) is 0 Å². The number of carbonyl (C=O) groups is 1. The number of rotatable bonds is 4. The van der Waals surface area contributed by atoms with E-state index in [9.17, 15) is 9.59 Å². The summed E-state index contributed by atoms with van der Waals surface area (Å²) in [5.41, 5.74) is 0.793. The van der Waals surface area contributed by atoms with Gasteiger partial charge in [0.15, 0.2) is 0 Å². The number of amides is 1. The molecule has 0 aliphatic heterocycles. The molecule has 0 bridgehead atoms. The minimum absolute atomic E-state index is 0.0728. The van der Waals surface area contributed by atoms with E-state index < -0.39 is 0 Å². The van der Waals surface area contributed by atoms with Gasteiger partial charge in [0.05, 0.1) is 22.5 Å². The Labute approximate surface area is 143 Å². The highest BCUT2D eigenvalue weighted by molar-refractivity contribution is 6.30. The molecule has 0 saturated heterocycles. The van der Waals surface area contributed by atoms with E-state index in [1.807, 2.05) is 19.9 Å². The van der Waals surface area contributed by atoms with Gasteiger partial charge in [0, 0.05) is 12.2 Å². The SMILES string of the molecule is CC(C)N(Cc1nc2ccccc2c(=O)[nH]1)C(=O)c1cc(Cl)c[nH]1. The number of halogens is 1. The first-order valence-electron chi connectivity index (χ1n) is 7.58. The maximum atomic E-state index is 12.7. The molecule has 7 heteroatoms. The van der Waals surface area contributed by atoms with Crippen molar-refractivity contribution < 1.29 is 4.79 Å². The third kappa shape index (κ3) is 3.19. The lowest BCUT2D eigenvalue weighted by molar-refractivity contribution is 0.0679. The molecule has 3 rings (SSSR count). The van der Waals surface area contributed by atoms with Crippen LogP contribution in [0.1, 0.15) is 30.2 Å². The van der Waals surface area contributed by atoms with Crippen molar-refractivity contribution in [1.29, 1.82) is 0 Å². The predicted octanol–water partition coefficient (Wildman–Crippen LogP) is 2.96. The van der Waals surface area contributed by atoms with Crippen LogP contribution in [0.3, 0.4) is 0 Å². The highest BCUT2D eigenvalue weighted by Crippen LogP contribution is 2.15. The van der Waals surface area contributed by atoms with Gasteiger partial charge in [-0.15, -0.1) is 0 Å². The van der Waals surface area contributed by atoms with Crippen LogP contribution in [0.2, 0.25) is 5.02 Å². The van der Waals surface area contributed by atoms with Gasteiger partial charge in [-0.3, -0.25) is 9.59 Å². The minimum Gasteiger partial charge on any atom is -0.356 e. The van der Waals surface area contributed by atoms with E-state index in [-0.39, 0.29) is 24.1 Å². The van der Waals surface area contributed by atoms with Gasteiger partial charge in [-0.25, -0.2) is 4.98 Å². The number of fused-ring (bicyclic) bond motifs is 1. The molecule has 0 fully saturated rings. The fraction of sp³-hybridized carbons (Fsp3) is 0.235. The second kappa shape index (κ2) is 6.49. The zero-order chi connectivity index (χ0) is 17.3. The normalized spacial score (nSPS) is 11.2. The first kappa shape index (κ1) is 16.3. The van der Waals surface area contributed by atoms with Crippen LogP contribution in [0.4, 0.5) is 0 Å². The summed E-state index contributed by atoms with van der Waals surface area (Å²) in [5, 5.41) is 0.999. The van der Waals surface area contributed by atoms with Gasteiger partial charge in [-0.05, 0) is 32.0 Å². The largest absolute Gasteiger partial charge is 0.356 e. The van der Waals surface area contributed by atoms with Gasteiger partial charge >= 0.3 is 0 Å². The summed E-state index contributed by atoms with van der Waals surface area (Å²) >= 11 is 5.87. The monoisotopic (exact) mass is 344 g/mol. The third-order valence-electron chi connectivity index (χ3n) is 3.74. The second-order valence-electron chi connectivity index (χ2n) is 5.79. The van der Waals surface area contributed by atoms with E-state index in [0.29, 0.717) is 27.4 Å². The van der Waals surface area contributed by atoms with Gasteiger partial charge in [0.1, 0.15) is 11.5 Å². The summed E-state index contributed by atoms with van der Waals surface area (Å²) in [4.78, 5) is 36.5. The smallest absolute Gasteiger partial charge is 0.270 e. The standard InChI is InChI=1S/C17H17ClN4O2/c1-10(2)22(17(24)14-7-11(18)8-19-14)9-15-20-13-6-4-3-5-12(13)16(23)21-15/h3-8,10,19H,9H2,1-2H3,(H,20,21,23). The van der Waals surface area contributed by atoms with Crippen molar-refractivity contribution in [1.82, 2.24) is 19.9 Å². The first-order valence-corrected chi connectivity index (χ1v) is 7.96. The van der Waals surface area contributed by atoms with Crippen LogP contribution in [0.25, 0.3) is 10.9 Å². The number of hydrogen-bond donors (Lipinski definition) is 2. The number of H-pyrrole nitrogens is 2. The molecule has 0 atom stereocenters. The zero-order valence-corrected chi connectivity index (χ0v) is 14.1. The van der Waals surface area contributed by atoms with E-state index in [4.69, 9.17) is 11.6 Å². The minimum atomic E-state index is -0.213. The third-order valence-corrected chi connectivity index (χ3v) is 3.96. The molecule has 124 valence electrons. The van der Waals surface area contributed by atoms with Gasteiger partial charge in [0.2, 0.25) is 0 Å². The number of nitrogens with one attached hydrogen (secondary N) is 2. The molecular weight excluding hydrogens is 328 g/mol. The van der Waals surface area contributed by atoms with E-state index >= 15 is 0 Å². The number of para-hydroxylation sites is 1. The summed E-state index contributed by atoms with van der Waals surface area (Å²) in [7, 11) is 0. The predicted molar refractivity (Wildman–Crippen MR) is 93.2 cm³/mol. The van der Waals surface area contributed by atoms with Gasteiger partial charge in [0.25, 0.3) is 11.5 Å². The van der Waals surface area contributed by atoms with E-state index in [1.165, 1.54) is 0 Å². The number of carbonyl (C=O) groups excluding carboxylic acids is 1. The number of aromatic nitrogens is 3. The average molecular weight is 345 g/mol. The van der Waals surface area contributed by atoms with Crippen LogP contribution in [-0.2, 0) is 6.54 Å². The Morgan fingerprint density at radius 1 is 1.33 bits per heavy atom. The average Bonchev–Trinajstić information content (AvgIpc) is 2.98. The molecule has 2 aromatic heterocycles. The van der Waals surface area contributed by atoms with Crippen LogP contribution < -0.4 is 5.56 Å². The van der Waals surface area contributed by atoms with E-state index in [1.54, 1.807) is 35.4 Å². The Kier molecular flexibility index (Phi) is 4.40. The topological polar surface area (TPSA) is 81.8 Å². The molecular formula is C17H17ClN4O2. The molecule has 6 nitrogen and oxygen atoms in total. The Morgan fingerprint density at radius 3 is 2.75 bits per heavy atom. The molecule has 24 heavy (non-hydrogen) atoms. The highest BCUT2D eigenvalue weighted by Gasteiger charge is 2.21. The zero-order valence-electron chi connectivity index (χ0n) is 13.3. The van der Waals surface area contributed by atoms with Crippen molar-refractivity contribution in [3.8, 4) is 0 Å². The van der Waals surface area contributed by atoms with Crippen molar-refractivity contribution in [2.24, 2.45) is 0 Å². The molecule has 0 aliphatic rings. The molecule has 0 aliphatic carbocycles. The summed E-state index contributed by atoms with van der Waals surface area (Å²) in [6.07, 6.45) is 1.56. The lowest BCUT2D eigenvalue weighted by atomic mass is 10.2. The van der Waals surface area contributed by atoms with Crippen LogP contribution in [0, 0.1) is 0 Å². The summed E-state index contributed by atoms with van der Waals surface area (Å²) in [5.74, 6) is 0.242. The fourth-order valence-electron chi connectivity index (χ4n) is 2.51. The van der Waals surface area contributed by atoms with Crippen molar-refractivity contribution in [2.75, 3.05) is 0 Å².